The van der Waals surface area contributed by atoms with E-state index in [1.807, 2.05) is 37.2 Å². The van der Waals surface area contributed by atoms with Gasteiger partial charge in [0.2, 0.25) is 0 Å². The van der Waals surface area contributed by atoms with Crippen molar-refractivity contribution in [2.24, 2.45) is 0 Å². The van der Waals surface area contributed by atoms with Gasteiger partial charge in [-0.05, 0) is 18.6 Å². The van der Waals surface area contributed by atoms with Gasteiger partial charge in [-0.2, -0.15) is 0 Å². The Hall–Kier alpha value is -1.72. The number of nitrogens with zero attached hydrogens (tertiary/aromatic N) is 4. The zero-order valence-corrected chi connectivity index (χ0v) is 12.3. The van der Waals surface area contributed by atoms with E-state index in [0.29, 0.717) is 30.7 Å². The molecule has 106 valence electrons. The van der Waals surface area contributed by atoms with Gasteiger partial charge < -0.3 is 9.64 Å². The van der Waals surface area contributed by atoms with Crippen LogP contribution in [0.2, 0.25) is 5.15 Å². The Kier molecular flexibility index (Phi) is 5.26. The molecule has 0 aliphatic heterocycles. The van der Waals surface area contributed by atoms with E-state index in [2.05, 4.69) is 15.0 Å². The summed E-state index contributed by atoms with van der Waals surface area (Å²) in [5.41, 5.74) is 1.11. The van der Waals surface area contributed by atoms with Crippen LogP contribution in [-0.2, 0) is 17.9 Å². The molecule has 0 atom stereocenters. The second kappa shape index (κ2) is 7.17. The zero-order valence-electron chi connectivity index (χ0n) is 11.6. The first-order valence-electron chi connectivity index (χ1n) is 6.40. The number of rotatable bonds is 6. The Morgan fingerprint density at radius 2 is 2.20 bits per heavy atom. The Labute approximate surface area is 123 Å². The Balaban J connectivity index is 2.12. The first kappa shape index (κ1) is 14.7. The van der Waals surface area contributed by atoms with Gasteiger partial charge in [-0.25, -0.2) is 9.97 Å². The van der Waals surface area contributed by atoms with Gasteiger partial charge in [-0.1, -0.05) is 17.7 Å². The molecular formula is C14H17ClN4O. The molecule has 0 saturated heterocycles. The largest absolute Gasteiger partial charge is 0.374 e. The maximum Gasteiger partial charge on any atom is 0.158 e. The van der Waals surface area contributed by atoms with Crippen LogP contribution in [0.3, 0.4) is 0 Å². The molecule has 6 heteroatoms. The predicted molar refractivity (Wildman–Crippen MR) is 78.7 cm³/mol. The summed E-state index contributed by atoms with van der Waals surface area (Å²) < 4.78 is 5.32. The molecular weight excluding hydrogens is 276 g/mol. The summed E-state index contributed by atoms with van der Waals surface area (Å²) in [7, 11) is 1.95. The first-order valence-corrected chi connectivity index (χ1v) is 6.78. The number of ether oxygens (including phenoxy) is 1. The summed E-state index contributed by atoms with van der Waals surface area (Å²) in [5.74, 6) is 1.36. The van der Waals surface area contributed by atoms with Crippen LogP contribution < -0.4 is 4.90 Å². The van der Waals surface area contributed by atoms with E-state index >= 15 is 0 Å². The summed E-state index contributed by atoms with van der Waals surface area (Å²) in [5, 5.41) is 0.419. The van der Waals surface area contributed by atoms with Crippen molar-refractivity contribution in [2.75, 3.05) is 18.6 Å². The van der Waals surface area contributed by atoms with Gasteiger partial charge in [-0.15, -0.1) is 0 Å². The van der Waals surface area contributed by atoms with E-state index in [9.17, 15) is 0 Å². The number of hydrogen-bond donors (Lipinski definition) is 0. The monoisotopic (exact) mass is 292 g/mol. The van der Waals surface area contributed by atoms with Gasteiger partial charge in [0.05, 0.1) is 0 Å². The van der Waals surface area contributed by atoms with Gasteiger partial charge in [0.1, 0.15) is 17.6 Å². The number of aromatic nitrogens is 3. The van der Waals surface area contributed by atoms with Crippen LogP contribution in [0.4, 0.5) is 5.82 Å². The summed E-state index contributed by atoms with van der Waals surface area (Å²) in [6.07, 6.45) is 3.59. The van der Waals surface area contributed by atoms with Gasteiger partial charge in [0.25, 0.3) is 0 Å². The third-order valence-electron chi connectivity index (χ3n) is 2.70. The highest BCUT2D eigenvalue weighted by atomic mass is 35.5. The molecule has 0 unspecified atom stereocenters. The van der Waals surface area contributed by atoms with Gasteiger partial charge in [0.15, 0.2) is 5.82 Å². The lowest BCUT2D eigenvalue weighted by atomic mass is 10.3. The van der Waals surface area contributed by atoms with Gasteiger partial charge in [-0.3, -0.25) is 4.98 Å². The molecule has 0 aliphatic rings. The highest BCUT2D eigenvalue weighted by molar-refractivity contribution is 6.29. The molecule has 2 aromatic rings. The minimum absolute atomic E-state index is 0.366. The molecule has 0 N–H and O–H groups in total. The second-order valence-electron chi connectivity index (χ2n) is 4.32. The van der Waals surface area contributed by atoms with E-state index in [1.165, 1.54) is 0 Å². The summed E-state index contributed by atoms with van der Waals surface area (Å²) in [4.78, 5) is 14.7. The second-order valence-corrected chi connectivity index (χ2v) is 4.71. The van der Waals surface area contributed by atoms with E-state index in [0.717, 1.165) is 11.4 Å². The molecule has 0 bridgehead atoms. The van der Waals surface area contributed by atoms with Crippen LogP contribution in [0.25, 0.3) is 0 Å². The van der Waals surface area contributed by atoms with Crippen LogP contribution in [0.15, 0.2) is 30.6 Å². The van der Waals surface area contributed by atoms with Crippen molar-refractivity contribution in [1.82, 2.24) is 15.0 Å². The number of pyridine rings is 1. The van der Waals surface area contributed by atoms with Crippen molar-refractivity contribution in [3.8, 4) is 0 Å². The van der Waals surface area contributed by atoms with E-state index < -0.39 is 0 Å². The highest BCUT2D eigenvalue weighted by Gasteiger charge is 2.08. The lowest BCUT2D eigenvalue weighted by molar-refractivity contribution is 0.128. The van der Waals surface area contributed by atoms with Crippen LogP contribution in [0, 0.1) is 0 Å². The first-order chi connectivity index (χ1) is 9.69. The van der Waals surface area contributed by atoms with Crippen molar-refractivity contribution in [3.05, 3.63) is 47.1 Å². The lowest BCUT2D eigenvalue weighted by Gasteiger charge is -2.18. The lowest BCUT2D eigenvalue weighted by Crippen LogP contribution is -2.19. The van der Waals surface area contributed by atoms with Gasteiger partial charge >= 0.3 is 0 Å². The molecule has 0 aromatic carbocycles. The molecule has 0 amide bonds. The minimum Gasteiger partial charge on any atom is -0.374 e. The Bertz CT molecular complexity index is 550. The molecule has 5 nitrogen and oxygen atoms in total. The molecule has 2 rings (SSSR count). The Morgan fingerprint density at radius 3 is 2.90 bits per heavy atom. The molecule has 0 fully saturated rings. The molecule has 0 spiro atoms. The molecule has 0 radical (unpaired) electrons. The van der Waals surface area contributed by atoms with Crippen LogP contribution in [0.5, 0.6) is 0 Å². The normalized spacial score (nSPS) is 10.6. The Morgan fingerprint density at radius 1 is 1.35 bits per heavy atom. The number of hydrogen-bond acceptors (Lipinski definition) is 5. The maximum atomic E-state index is 6.03. The molecule has 0 saturated carbocycles. The predicted octanol–water partition coefficient (Wildman–Crippen LogP) is 2.70. The summed E-state index contributed by atoms with van der Waals surface area (Å²) in [6, 6.07) is 5.68. The topological polar surface area (TPSA) is 51.1 Å². The highest BCUT2D eigenvalue weighted by Crippen LogP contribution is 2.17. The van der Waals surface area contributed by atoms with Crippen LogP contribution in [-0.4, -0.2) is 28.6 Å². The van der Waals surface area contributed by atoms with E-state index in [1.54, 1.807) is 12.3 Å². The maximum absolute atomic E-state index is 6.03. The van der Waals surface area contributed by atoms with E-state index in [4.69, 9.17) is 16.3 Å². The van der Waals surface area contributed by atoms with E-state index in [-0.39, 0.29) is 0 Å². The van der Waals surface area contributed by atoms with Crippen molar-refractivity contribution in [3.63, 3.8) is 0 Å². The van der Waals surface area contributed by atoms with Crippen molar-refractivity contribution >= 4 is 17.4 Å². The molecule has 2 aromatic heterocycles. The average Bonchev–Trinajstić information content (AvgIpc) is 2.45. The van der Waals surface area contributed by atoms with Gasteiger partial charge in [0, 0.05) is 38.7 Å². The summed E-state index contributed by atoms with van der Waals surface area (Å²) in [6.45, 7) is 3.62. The van der Waals surface area contributed by atoms with Crippen molar-refractivity contribution < 1.29 is 4.74 Å². The summed E-state index contributed by atoms with van der Waals surface area (Å²) >= 11 is 6.03. The molecule has 20 heavy (non-hydrogen) atoms. The quantitative estimate of drug-likeness (QED) is 0.766. The van der Waals surface area contributed by atoms with Crippen molar-refractivity contribution in [2.45, 2.75) is 20.1 Å². The minimum atomic E-state index is 0.366. The third kappa shape index (κ3) is 4.15. The zero-order chi connectivity index (χ0) is 14.4. The average molecular weight is 293 g/mol. The van der Waals surface area contributed by atoms with Crippen LogP contribution >= 0.6 is 11.6 Å². The standard InChI is InChI=1S/C14H17ClN4O/c1-3-20-10-13-17-12(15)7-14(18-13)19(2)9-11-5-4-6-16-8-11/h4-8H,3,9-10H2,1-2H3. The fourth-order valence-electron chi connectivity index (χ4n) is 1.75. The fourth-order valence-corrected chi connectivity index (χ4v) is 1.95. The molecule has 0 aliphatic carbocycles. The smallest absolute Gasteiger partial charge is 0.158 e. The third-order valence-corrected chi connectivity index (χ3v) is 2.89. The SMILES string of the molecule is CCOCc1nc(Cl)cc(N(C)Cc2cccnc2)n1. The number of anilines is 1. The van der Waals surface area contributed by atoms with Crippen LogP contribution in [0.1, 0.15) is 18.3 Å². The number of halogens is 1. The fraction of sp³-hybridized carbons (Fsp3) is 0.357. The van der Waals surface area contributed by atoms with Crippen molar-refractivity contribution in [1.29, 1.82) is 0 Å². The molecule has 2 heterocycles.